The van der Waals surface area contributed by atoms with E-state index in [9.17, 15) is 23.1 Å². The number of alkyl halides is 3. The average molecular weight is 285 g/mol. The Hall–Kier alpha value is -0.860. The summed E-state index contributed by atoms with van der Waals surface area (Å²) in [4.78, 5) is 13.1. The van der Waals surface area contributed by atoms with Crippen LogP contribution in [0.1, 0.15) is 12.8 Å². The van der Waals surface area contributed by atoms with E-state index in [1.54, 1.807) is 4.90 Å². The zero-order valence-corrected chi connectivity index (χ0v) is 10.7. The average Bonchev–Trinajstić information content (AvgIpc) is 2.67. The van der Waals surface area contributed by atoms with Crippen molar-refractivity contribution in [1.82, 2.24) is 4.90 Å². The van der Waals surface area contributed by atoms with Crippen molar-refractivity contribution in [2.75, 3.05) is 33.4 Å². The Kier molecular flexibility index (Phi) is 6.02. The second kappa shape index (κ2) is 7.06. The van der Waals surface area contributed by atoms with Crippen molar-refractivity contribution < 1.29 is 32.5 Å². The molecule has 1 saturated heterocycles. The number of hydrogen-bond acceptors (Lipinski definition) is 5. The van der Waals surface area contributed by atoms with Crippen LogP contribution in [-0.2, 0) is 14.3 Å². The molecule has 2 atom stereocenters. The summed E-state index contributed by atoms with van der Waals surface area (Å²) in [7, 11) is 1.26. The smallest absolute Gasteiger partial charge is 0.411 e. The van der Waals surface area contributed by atoms with Gasteiger partial charge in [0, 0.05) is 26.1 Å². The number of ether oxygens (including phenoxy) is 2. The van der Waals surface area contributed by atoms with Gasteiger partial charge < -0.3 is 14.6 Å². The van der Waals surface area contributed by atoms with Crippen LogP contribution < -0.4 is 0 Å². The van der Waals surface area contributed by atoms with Crippen molar-refractivity contribution in [1.29, 1.82) is 0 Å². The van der Waals surface area contributed by atoms with Gasteiger partial charge >= 0.3 is 12.1 Å². The standard InChI is InChI=1S/C11H18F3NO4/c1-18-10(17)9-5-8(16)6-15(9)3-2-4-19-7-11(12,13)14/h8-9,16H,2-7H2,1H3. The number of aliphatic hydroxyl groups is 1. The molecule has 0 aromatic heterocycles. The summed E-state index contributed by atoms with van der Waals surface area (Å²) in [5, 5.41) is 9.49. The first-order valence-electron chi connectivity index (χ1n) is 5.98. The number of carbonyl (C=O) groups excluding carboxylic acids is 1. The molecular weight excluding hydrogens is 267 g/mol. The SMILES string of the molecule is COC(=O)C1CC(O)CN1CCCOCC(F)(F)F. The zero-order chi connectivity index (χ0) is 14.5. The monoisotopic (exact) mass is 285 g/mol. The van der Waals surface area contributed by atoms with Gasteiger partial charge in [0.1, 0.15) is 12.6 Å². The summed E-state index contributed by atoms with van der Waals surface area (Å²) in [5.74, 6) is -0.437. The Balaban J connectivity index is 2.25. The number of likely N-dealkylation sites (tertiary alicyclic amines) is 1. The third kappa shape index (κ3) is 5.75. The highest BCUT2D eigenvalue weighted by molar-refractivity contribution is 5.76. The molecule has 0 amide bonds. The molecule has 0 bridgehead atoms. The maximum absolute atomic E-state index is 11.8. The Morgan fingerprint density at radius 3 is 2.74 bits per heavy atom. The van der Waals surface area contributed by atoms with Gasteiger partial charge in [-0.15, -0.1) is 0 Å². The molecule has 1 rings (SSSR count). The van der Waals surface area contributed by atoms with E-state index in [0.717, 1.165) is 0 Å². The number of halogens is 3. The van der Waals surface area contributed by atoms with Crippen LogP contribution in [0.4, 0.5) is 13.2 Å². The molecule has 0 aliphatic carbocycles. The van der Waals surface area contributed by atoms with Gasteiger partial charge in [-0.2, -0.15) is 13.2 Å². The molecule has 112 valence electrons. The second-order valence-electron chi connectivity index (χ2n) is 4.44. The number of methoxy groups -OCH3 is 1. The molecule has 1 aliphatic rings. The molecule has 1 N–H and O–H groups in total. The maximum Gasteiger partial charge on any atom is 0.411 e. The van der Waals surface area contributed by atoms with Gasteiger partial charge in [-0.05, 0) is 6.42 Å². The van der Waals surface area contributed by atoms with Crippen LogP contribution in [-0.4, -0.2) is 67.7 Å². The third-order valence-electron chi connectivity index (χ3n) is 2.85. The van der Waals surface area contributed by atoms with Crippen molar-refractivity contribution in [3.63, 3.8) is 0 Å². The van der Waals surface area contributed by atoms with Crippen LogP contribution in [0.3, 0.4) is 0 Å². The highest BCUT2D eigenvalue weighted by Crippen LogP contribution is 2.19. The summed E-state index contributed by atoms with van der Waals surface area (Å²) in [6.45, 7) is -0.607. The Morgan fingerprint density at radius 2 is 2.16 bits per heavy atom. The first kappa shape index (κ1) is 16.2. The summed E-state index contributed by atoms with van der Waals surface area (Å²) in [6.07, 6.45) is -4.29. The van der Waals surface area contributed by atoms with Crippen molar-refractivity contribution >= 4 is 5.97 Å². The number of esters is 1. The third-order valence-corrected chi connectivity index (χ3v) is 2.85. The molecule has 8 heteroatoms. The molecule has 1 aliphatic heterocycles. The number of aliphatic hydroxyl groups excluding tert-OH is 1. The maximum atomic E-state index is 11.8. The van der Waals surface area contributed by atoms with Crippen LogP contribution in [0.15, 0.2) is 0 Å². The highest BCUT2D eigenvalue weighted by atomic mass is 19.4. The Bertz CT molecular complexity index is 298. The van der Waals surface area contributed by atoms with E-state index in [-0.39, 0.29) is 13.0 Å². The van der Waals surface area contributed by atoms with Gasteiger partial charge in [0.05, 0.1) is 13.2 Å². The van der Waals surface area contributed by atoms with E-state index in [0.29, 0.717) is 19.5 Å². The van der Waals surface area contributed by atoms with Gasteiger partial charge in [-0.1, -0.05) is 0 Å². The van der Waals surface area contributed by atoms with Crippen LogP contribution in [0.25, 0.3) is 0 Å². The molecule has 0 saturated carbocycles. The summed E-state index contributed by atoms with van der Waals surface area (Å²) in [5.41, 5.74) is 0. The second-order valence-corrected chi connectivity index (χ2v) is 4.44. The molecule has 0 radical (unpaired) electrons. The minimum atomic E-state index is -4.32. The molecule has 5 nitrogen and oxygen atoms in total. The van der Waals surface area contributed by atoms with Crippen molar-refractivity contribution in [3.8, 4) is 0 Å². The fraction of sp³-hybridized carbons (Fsp3) is 0.909. The van der Waals surface area contributed by atoms with Crippen LogP contribution >= 0.6 is 0 Å². The lowest BCUT2D eigenvalue weighted by molar-refractivity contribution is -0.174. The van der Waals surface area contributed by atoms with Crippen LogP contribution in [0, 0.1) is 0 Å². The van der Waals surface area contributed by atoms with E-state index in [1.807, 2.05) is 0 Å². The lowest BCUT2D eigenvalue weighted by Crippen LogP contribution is -2.37. The number of hydrogen-bond donors (Lipinski definition) is 1. The van der Waals surface area contributed by atoms with Crippen molar-refractivity contribution in [3.05, 3.63) is 0 Å². The van der Waals surface area contributed by atoms with E-state index >= 15 is 0 Å². The van der Waals surface area contributed by atoms with E-state index in [4.69, 9.17) is 0 Å². The minimum absolute atomic E-state index is 0.0417. The topological polar surface area (TPSA) is 59.0 Å². The van der Waals surface area contributed by atoms with Crippen molar-refractivity contribution in [2.24, 2.45) is 0 Å². The van der Waals surface area contributed by atoms with Crippen LogP contribution in [0.5, 0.6) is 0 Å². The predicted molar refractivity (Wildman–Crippen MR) is 59.5 cm³/mol. The van der Waals surface area contributed by atoms with Gasteiger partial charge in [0.2, 0.25) is 0 Å². The summed E-state index contributed by atoms with van der Waals surface area (Å²) >= 11 is 0. The molecule has 2 unspecified atom stereocenters. The quantitative estimate of drug-likeness (QED) is 0.571. The molecule has 0 aromatic rings. The van der Waals surface area contributed by atoms with E-state index in [1.165, 1.54) is 7.11 Å². The molecule has 19 heavy (non-hydrogen) atoms. The lowest BCUT2D eigenvalue weighted by Gasteiger charge is -2.21. The van der Waals surface area contributed by atoms with Gasteiger partial charge in [0.15, 0.2) is 0 Å². The summed E-state index contributed by atoms with van der Waals surface area (Å²) < 4.78 is 44.5. The molecule has 1 heterocycles. The molecule has 1 fully saturated rings. The lowest BCUT2D eigenvalue weighted by atomic mass is 10.2. The fourth-order valence-corrected chi connectivity index (χ4v) is 2.07. The van der Waals surface area contributed by atoms with E-state index < -0.39 is 30.9 Å². The summed E-state index contributed by atoms with van der Waals surface area (Å²) in [6, 6.07) is -0.525. The Labute approximate surface area is 109 Å². The van der Waals surface area contributed by atoms with E-state index in [2.05, 4.69) is 9.47 Å². The molecular formula is C11H18F3NO4. The van der Waals surface area contributed by atoms with Gasteiger partial charge in [-0.3, -0.25) is 9.69 Å². The normalized spacial score (nSPS) is 24.7. The van der Waals surface area contributed by atoms with Crippen molar-refractivity contribution in [2.45, 2.75) is 31.2 Å². The number of rotatable bonds is 6. The number of nitrogens with zero attached hydrogens (tertiary/aromatic N) is 1. The Morgan fingerprint density at radius 1 is 1.47 bits per heavy atom. The highest BCUT2D eigenvalue weighted by Gasteiger charge is 2.36. The molecule has 0 aromatic carbocycles. The number of carbonyl (C=O) groups is 1. The molecule has 0 spiro atoms. The zero-order valence-electron chi connectivity index (χ0n) is 10.7. The first-order chi connectivity index (χ1) is 8.83. The predicted octanol–water partition coefficient (Wildman–Crippen LogP) is 0.564. The van der Waals surface area contributed by atoms with Crippen LogP contribution in [0.2, 0.25) is 0 Å². The fourth-order valence-electron chi connectivity index (χ4n) is 2.07. The first-order valence-corrected chi connectivity index (χ1v) is 5.98. The van der Waals surface area contributed by atoms with Gasteiger partial charge in [-0.25, -0.2) is 0 Å². The largest absolute Gasteiger partial charge is 0.468 e. The van der Waals surface area contributed by atoms with Gasteiger partial charge in [0.25, 0.3) is 0 Å². The minimum Gasteiger partial charge on any atom is -0.468 e. The number of β-amino-alcohol motifs (C(OH)–C–C–N with tert-alkyl or cyclic N) is 1.